The van der Waals surface area contributed by atoms with E-state index in [1.165, 1.54) is 0 Å². The van der Waals surface area contributed by atoms with Gasteiger partial charge in [-0.15, -0.1) is 0 Å². The molecule has 0 aliphatic carbocycles. The lowest BCUT2D eigenvalue weighted by atomic mass is 10.0. The number of rotatable bonds is 6. The predicted molar refractivity (Wildman–Crippen MR) is 131 cm³/mol. The summed E-state index contributed by atoms with van der Waals surface area (Å²) in [4.78, 5) is 20.0. The van der Waals surface area contributed by atoms with Gasteiger partial charge in [-0.05, 0) is 35.4 Å². The van der Waals surface area contributed by atoms with E-state index in [-0.39, 0.29) is 5.91 Å². The van der Waals surface area contributed by atoms with E-state index in [0.29, 0.717) is 13.1 Å². The highest BCUT2D eigenvalue weighted by molar-refractivity contribution is 6.14. The molecule has 4 aromatic carbocycles. The van der Waals surface area contributed by atoms with E-state index < -0.39 is 0 Å². The maximum absolute atomic E-state index is 13.2. The van der Waals surface area contributed by atoms with Gasteiger partial charge in [-0.2, -0.15) is 0 Å². The minimum Gasteiger partial charge on any atom is -0.497 e. The lowest BCUT2D eigenvalue weighted by Gasteiger charge is -2.16. The third-order valence-corrected chi connectivity index (χ3v) is 5.82. The molecule has 1 aliphatic rings. The molecule has 4 aromatic rings. The number of fused-ring (bicyclic) bond motifs is 1. The molecule has 33 heavy (non-hydrogen) atoms. The number of amides is 1. The Kier molecular flexibility index (Phi) is 5.73. The molecule has 0 aromatic heterocycles. The van der Waals surface area contributed by atoms with Gasteiger partial charge in [-0.25, -0.2) is 4.99 Å². The second kappa shape index (κ2) is 9.13. The summed E-state index contributed by atoms with van der Waals surface area (Å²) in [5, 5.41) is 0. The number of ether oxygens (including phenoxy) is 1. The normalized spacial score (nSPS) is 12.4. The van der Waals surface area contributed by atoms with Gasteiger partial charge in [-0.3, -0.25) is 4.79 Å². The summed E-state index contributed by atoms with van der Waals surface area (Å²) in [5.74, 6) is 0.827. The van der Waals surface area contributed by atoms with Crippen molar-refractivity contribution in [2.45, 2.75) is 13.1 Å². The third-order valence-electron chi connectivity index (χ3n) is 5.82. The summed E-state index contributed by atoms with van der Waals surface area (Å²) in [7, 11) is 1.65. The zero-order chi connectivity index (χ0) is 22.6. The van der Waals surface area contributed by atoms with Gasteiger partial charge in [0, 0.05) is 29.8 Å². The van der Waals surface area contributed by atoms with Gasteiger partial charge in [0.25, 0.3) is 5.91 Å². The smallest absolute Gasteiger partial charge is 0.254 e. The van der Waals surface area contributed by atoms with Gasteiger partial charge in [0.15, 0.2) is 0 Å². The molecule has 0 saturated carbocycles. The van der Waals surface area contributed by atoms with Crippen molar-refractivity contribution in [2.24, 2.45) is 4.99 Å². The van der Waals surface area contributed by atoms with Crippen molar-refractivity contribution in [2.75, 3.05) is 7.11 Å². The van der Waals surface area contributed by atoms with Gasteiger partial charge in [-0.1, -0.05) is 78.9 Å². The minimum absolute atomic E-state index is 0.0332. The fourth-order valence-corrected chi connectivity index (χ4v) is 4.15. The molecule has 162 valence electrons. The molecular formula is C29H24N2O2. The molecule has 1 amide bonds. The summed E-state index contributed by atoms with van der Waals surface area (Å²) < 4.78 is 5.32. The molecule has 0 spiro atoms. The molecule has 1 aliphatic heterocycles. The number of nitrogens with zero attached hydrogens (tertiary/aromatic N) is 2. The molecule has 0 unspecified atom stereocenters. The van der Waals surface area contributed by atoms with Crippen molar-refractivity contribution < 1.29 is 9.53 Å². The zero-order valence-electron chi connectivity index (χ0n) is 18.4. The second-order valence-corrected chi connectivity index (χ2v) is 8.05. The molecular weight excluding hydrogens is 408 g/mol. The average molecular weight is 433 g/mol. The highest BCUT2D eigenvalue weighted by Gasteiger charge is 2.27. The number of methoxy groups -OCH3 is 1. The van der Waals surface area contributed by atoms with E-state index in [1.54, 1.807) is 7.11 Å². The summed E-state index contributed by atoms with van der Waals surface area (Å²) in [6, 6.07) is 34.0. The van der Waals surface area contributed by atoms with E-state index in [1.807, 2.05) is 83.8 Å². The molecule has 0 radical (unpaired) electrons. The molecule has 0 bridgehead atoms. The molecule has 0 atom stereocenters. The van der Waals surface area contributed by atoms with Crippen LogP contribution < -0.4 is 4.74 Å². The Morgan fingerprint density at radius 1 is 0.848 bits per heavy atom. The van der Waals surface area contributed by atoms with Gasteiger partial charge >= 0.3 is 0 Å². The van der Waals surface area contributed by atoms with Crippen LogP contribution in [0.4, 0.5) is 5.69 Å². The Morgan fingerprint density at radius 2 is 1.55 bits per heavy atom. The largest absolute Gasteiger partial charge is 0.497 e. The van der Waals surface area contributed by atoms with Crippen LogP contribution in [0.15, 0.2) is 108 Å². The first-order valence-electron chi connectivity index (χ1n) is 11.0. The number of hydrogen-bond acceptors (Lipinski definition) is 3. The van der Waals surface area contributed by atoms with Crippen molar-refractivity contribution in [1.82, 2.24) is 4.90 Å². The third kappa shape index (κ3) is 4.41. The topological polar surface area (TPSA) is 41.9 Å². The van der Waals surface area contributed by atoms with Crippen LogP contribution in [0.25, 0.3) is 0 Å². The summed E-state index contributed by atoms with van der Waals surface area (Å²) in [5.41, 5.74) is 6.53. The average Bonchev–Trinajstić information content (AvgIpc) is 3.18. The second-order valence-electron chi connectivity index (χ2n) is 8.05. The van der Waals surface area contributed by atoms with E-state index in [9.17, 15) is 4.79 Å². The maximum Gasteiger partial charge on any atom is 0.254 e. The first kappa shape index (κ1) is 20.7. The highest BCUT2D eigenvalue weighted by atomic mass is 16.5. The molecule has 4 nitrogen and oxygen atoms in total. The van der Waals surface area contributed by atoms with Crippen LogP contribution >= 0.6 is 0 Å². The van der Waals surface area contributed by atoms with Crippen LogP contribution in [-0.4, -0.2) is 23.6 Å². The number of benzene rings is 4. The molecule has 0 saturated heterocycles. The van der Waals surface area contributed by atoms with E-state index in [4.69, 9.17) is 9.73 Å². The first-order valence-corrected chi connectivity index (χ1v) is 11.0. The first-order chi connectivity index (χ1) is 16.2. The summed E-state index contributed by atoms with van der Waals surface area (Å²) in [6.45, 7) is 1.14. The summed E-state index contributed by atoms with van der Waals surface area (Å²) >= 11 is 0. The van der Waals surface area contributed by atoms with Crippen LogP contribution in [0.2, 0.25) is 0 Å². The number of carbonyl (C=O) groups is 1. The van der Waals surface area contributed by atoms with Gasteiger partial charge < -0.3 is 9.64 Å². The van der Waals surface area contributed by atoms with Crippen LogP contribution in [-0.2, 0) is 13.1 Å². The Bertz CT molecular complexity index is 1270. The van der Waals surface area contributed by atoms with Crippen molar-refractivity contribution in [3.63, 3.8) is 0 Å². The lowest BCUT2D eigenvalue weighted by molar-refractivity contribution is 0.0766. The SMILES string of the molecule is COc1cccc(CN2Cc3ccc(N=C(c4ccccc4)c4ccccc4)cc3C2=O)c1. The summed E-state index contributed by atoms with van der Waals surface area (Å²) in [6.07, 6.45) is 0. The highest BCUT2D eigenvalue weighted by Crippen LogP contribution is 2.29. The number of hydrogen-bond donors (Lipinski definition) is 0. The molecule has 5 rings (SSSR count). The number of carbonyl (C=O) groups excluding carboxylic acids is 1. The molecule has 0 fully saturated rings. The quantitative estimate of drug-likeness (QED) is 0.350. The van der Waals surface area contributed by atoms with Crippen molar-refractivity contribution in [1.29, 1.82) is 0 Å². The van der Waals surface area contributed by atoms with Crippen LogP contribution in [0, 0.1) is 0 Å². The monoisotopic (exact) mass is 432 g/mol. The van der Waals surface area contributed by atoms with Crippen LogP contribution in [0.1, 0.15) is 32.6 Å². The molecule has 1 heterocycles. The van der Waals surface area contributed by atoms with E-state index in [2.05, 4.69) is 24.3 Å². The maximum atomic E-state index is 13.2. The van der Waals surface area contributed by atoms with Crippen LogP contribution in [0.3, 0.4) is 0 Å². The Labute approximate surface area is 193 Å². The Balaban J connectivity index is 1.45. The molecule has 4 heteroatoms. The fourth-order valence-electron chi connectivity index (χ4n) is 4.15. The minimum atomic E-state index is 0.0332. The Hall–Kier alpha value is -4.18. The predicted octanol–water partition coefficient (Wildman–Crippen LogP) is 6.02. The number of aliphatic imine (C=N–C) groups is 1. The zero-order valence-corrected chi connectivity index (χ0v) is 18.4. The van der Waals surface area contributed by atoms with Crippen molar-refractivity contribution in [3.8, 4) is 5.75 Å². The van der Waals surface area contributed by atoms with E-state index in [0.717, 1.165) is 45.0 Å². The van der Waals surface area contributed by atoms with Crippen molar-refractivity contribution >= 4 is 17.3 Å². The van der Waals surface area contributed by atoms with Gasteiger partial charge in [0.05, 0.1) is 18.5 Å². The Morgan fingerprint density at radius 3 is 2.21 bits per heavy atom. The van der Waals surface area contributed by atoms with Gasteiger partial charge in [0.1, 0.15) is 5.75 Å². The standard InChI is InChI=1S/C29H24N2O2/c1-33-26-14-8-9-21(17-26)19-31-20-24-15-16-25(18-27(24)29(31)32)30-28(22-10-4-2-5-11-22)23-12-6-3-7-13-23/h2-18H,19-20H2,1H3. The van der Waals surface area contributed by atoms with Gasteiger partial charge in [0.2, 0.25) is 0 Å². The molecule has 0 N–H and O–H groups in total. The lowest BCUT2D eigenvalue weighted by Crippen LogP contribution is -2.23. The van der Waals surface area contributed by atoms with Crippen molar-refractivity contribution in [3.05, 3.63) is 131 Å². The van der Waals surface area contributed by atoms with Crippen LogP contribution in [0.5, 0.6) is 5.75 Å². The fraction of sp³-hybridized carbons (Fsp3) is 0.103. The van der Waals surface area contributed by atoms with E-state index >= 15 is 0 Å².